The molecule has 1 heterocycles. The van der Waals surface area contributed by atoms with E-state index in [1.807, 2.05) is 13.1 Å². The Labute approximate surface area is 179 Å². The monoisotopic (exact) mass is 426 g/mol. The largest absolute Gasteiger partial charge is 0.297 e. The Hall–Kier alpha value is -2.17. The van der Waals surface area contributed by atoms with Gasteiger partial charge in [-0.1, -0.05) is 16.5 Å². The Kier molecular flexibility index (Phi) is 5.73. The maximum absolute atomic E-state index is 13.2. The van der Waals surface area contributed by atoms with Crippen LogP contribution in [0.3, 0.4) is 0 Å². The van der Waals surface area contributed by atoms with Crippen LogP contribution in [0.4, 0.5) is 0 Å². The molecule has 0 bridgehead atoms. The van der Waals surface area contributed by atoms with E-state index in [9.17, 15) is 9.00 Å². The van der Waals surface area contributed by atoms with Gasteiger partial charge in [-0.2, -0.15) is 5.26 Å². The molecule has 0 saturated carbocycles. The zero-order valence-corrected chi connectivity index (χ0v) is 18.7. The van der Waals surface area contributed by atoms with E-state index in [0.717, 1.165) is 63.5 Å². The summed E-state index contributed by atoms with van der Waals surface area (Å²) in [6.07, 6.45) is 12.1. The number of rotatable bonds is 5. The lowest BCUT2D eigenvalue weighted by Gasteiger charge is -2.28. The molecule has 1 unspecified atom stereocenters. The number of nitrogens with zero attached hydrogens (tertiary/aromatic N) is 3. The Morgan fingerprint density at radius 3 is 2.50 bits per heavy atom. The third kappa shape index (κ3) is 4.03. The van der Waals surface area contributed by atoms with Crippen molar-refractivity contribution in [2.24, 2.45) is 4.36 Å². The van der Waals surface area contributed by atoms with Gasteiger partial charge in [-0.25, -0.2) is 4.21 Å². The van der Waals surface area contributed by atoms with Crippen LogP contribution < -0.4 is 4.72 Å². The molecule has 6 nitrogen and oxygen atoms in total. The van der Waals surface area contributed by atoms with E-state index < -0.39 is 9.92 Å². The van der Waals surface area contributed by atoms with Crippen LogP contribution >= 0.6 is 0 Å². The lowest BCUT2D eigenvalue weighted by molar-refractivity contribution is -0.118. The summed E-state index contributed by atoms with van der Waals surface area (Å²) in [5.41, 5.74) is 6.26. The van der Waals surface area contributed by atoms with Crippen molar-refractivity contribution in [1.29, 1.82) is 5.26 Å². The molecule has 1 fully saturated rings. The van der Waals surface area contributed by atoms with Crippen LogP contribution in [0.1, 0.15) is 60.4 Å². The van der Waals surface area contributed by atoms with Crippen LogP contribution in [0.5, 0.6) is 0 Å². The maximum atomic E-state index is 13.2. The fourth-order valence-corrected chi connectivity index (χ4v) is 6.40. The molecule has 1 saturated heterocycles. The van der Waals surface area contributed by atoms with Crippen molar-refractivity contribution < 1.29 is 9.00 Å². The first-order valence-electron chi connectivity index (χ1n) is 10.9. The highest BCUT2D eigenvalue weighted by molar-refractivity contribution is 7.95. The zero-order chi connectivity index (χ0) is 21.4. The molecule has 0 radical (unpaired) electrons. The maximum Gasteiger partial charge on any atom is 0.236 e. The third-order valence-corrected chi connectivity index (χ3v) is 8.41. The number of aryl methyl sites for hydroxylation is 2. The second kappa shape index (κ2) is 8.16. The number of amides is 1. The van der Waals surface area contributed by atoms with E-state index in [2.05, 4.69) is 27.0 Å². The van der Waals surface area contributed by atoms with Crippen LogP contribution in [0.2, 0.25) is 0 Å². The van der Waals surface area contributed by atoms with E-state index in [-0.39, 0.29) is 17.9 Å². The molecular weight excluding hydrogens is 396 g/mol. The number of hydrogen-bond donors (Lipinski definition) is 1. The van der Waals surface area contributed by atoms with Crippen LogP contribution in [-0.2, 0) is 46.8 Å². The fourth-order valence-electron chi connectivity index (χ4n) is 5.23. The summed E-state index contributed by atoms with van der Waals surface area (Å²) in [5.74, 6) is -0.331. The highest BCUT2D eigenvalue weighted by Gasteiger charge is 2.32. The van der Waals surface area contributed by atoms with Gasteiger partial charge < -0.3 is 0 Å². The van der Waals surface area contributed by atoms with Crippen molar-refractivity contribution >= 4 is 15.8 Å². The number of fused-ring (bicyclic) bond motifs is 2. The molecule has 1 amide bonds. The average Bonchev–Trinajstić information content (AvgIpc) is 3.41. The minimum atomic E-state index is -3.28. The minimum Gasteiger partial charge on any atom is -0.297 e. The van der Waals surface area contributed by atoms with Crippen LogP contribution in [0.25, 0.3) is 0 Å². The smallest absolute Gasteiger partial charge is 0.236 e. The Morgan fingerprint density at radius 1 is 1.27 bits per heavy atom. The number of nitrogens with one attached hydrogen (secondary N) is 1. The van der Waals surface area contributed by atoms with Crippen molar-refractivity contribution in [1.82, 2.24) is 9.62 Å². The summed E-state index contributed by atoms with van der Waals surface area (Å²) < 4.78 is 19.4. The lowest BCUT2D eigenvalue weighted by atomic mass is 9.92. The van der Waals surface area contributed by atoms with Gasteiger partial charge in [0.2, 0.25) is 12.1 Å². The van der Waals surface area contributed by atoms with E-state index in [1.54, 1.807) is 6.19 Å². The molecule has 1 aromatic rings. The first kappa shape index (κ1) is 21.1. The first-order valence-corrected chi connectivity index (χ1v) is 12.4. The number of nitriles is 1. The van der Waals surface area contributed by atoms with Crippen LogP contribution in [-0.4, -0.2) is 34.1 Å². The number of likely N-dealkylation sites (tertiary alicyclic amines) is 1. The fraction of sp³-hybridized carbons (Fsp3) is 0.565. The molecular formula is C23H30N4O2S. The summed E-state index contributed by atoms with van der Waals surface area (Å²) in [6.45, 7) is 3.04. The summed E-state index contributed by atoms with van der Waals surface area (Å²) in [6, 6.07) is 2.34. The topological polar surface area (TPSA) is 85.6 Å². The molecule has 1 aliphatic heterocycles. The van der Waals surface area contributed by atoms with E-state index >= 15 is 0 Å². The molecule has 2 aliphatic carbocycles. The second-order valence-corrected chi connectivity index (χ2v) is 10.8. The molecule has 4 rings (SSSR count). The molecule has 1 N–H and O–H groups in total. The van der Waals surface area contributed by atoms with Gasteiger partial charge in [0.1, 0.15) is 0 Å². The van der Waals surface area contributed by atoms with E-state index in [4.69, 9.17) is 5.26 Å². The summed E-state index contributed by atoms with van der Waals surface area (Å²) in [4.78, 5) is 15.1. The molecule has 2 atom stereocenters. The SMILES string of the molecule is CN1CCC[C@]1(C)/C=C/S(=O)(=NC#N)NC(=O)Cc1c2c(cc3c1CCC3)CCC2. The third-order valence-electron chi connectivity index (χ3n) is 7.03. The first-order chi connectivity index (χ1) is 14.3. The number of benzene rings is 1. The number of likely N-dealkylation sites (N-methyl/N-ethyl adjacent to an activating group) is 1. The van der Waals surface area contributed by atoms with Crippen LogP contribution in [0.15, 0.2) is 21.9 Å². The van der Waals surface area contributed by atoms with Crippen LogP contribution in [0, 0.1) is 11.5 Å². The molecule has 30 heavy (non-hydrogen) atoms. The normalized spacial score (nSPS) is 25.0. The second-order valence-electron chi connectivity index (χ2n) is 8.98. The molecule has 0 spiro atoms. The van der Waals surface area contributed by atoms with Crippen molar-refractivity contribution in [3.05, 3.63) is 45.4 Å². The molecule has 160 valence electrons. The Balaban J connectivity index is 1.57. The van der Waals surface area contributed by atoms with Gasteiger partial charge in [0.15, 0.2) is 9.92 Å². The Bertz CT molecular complexity index is 1030. The van der Waals surface area contributed by atoms with Gasteiger partial charge in [0, 0.05) is 10.9 Å². The minimum absolute atomic E-state index is 0.203. The van der Waals surface area contributed by atoms with Gasteiger partial charge in [-0.05, 0) is 99.7 Å². The average molecular weight is 427 g/mol. The highest BCUT2D eigenvalue weighted by Crippen LogP contribution is 2.35. The van der Waals surface area contributed by atoms with Crippen molar-refractivity contribution in [2.75, 3.05) is 13.6 Å². The summed E-state index contributed by atoms with van der Waals surface area (Å²) in [7, 11) is -1.25. The predicted molar refractivity (Wildman–Crippen MR) is 118 cm³/mol. The van der Waals surface area contributed by atoms with Gasteiger partial charge in [-0.15, -0.1) is 0 Å². The van der Waals surface area contributed by atoms with Gasteiger partial charge in [0.05, 0.1) is 6.42 Å². The quantitative estimate of drug-likeness (QED) is 0.733. The summed E-state index contributed by atoms with van der Waals surface area (Å²) in [5, 5.41) is 10.5. The van der Waals surface area contributed by atoms with Gasteiger partial charge in [0.25, 0.3) is 0 Å². The van der Waals surface area contributed by atoms with Crippen molar-refractivity contribution in [3.63, 3.8) is 0 Å². The van der Waals surface area contributed by atoms with Gasteiger partial charge in [-0.3, -0.25) is 14.4 Å². The van der Waals surface area contributed by atoms with Gasteiger partial charge >= 0.3 is 0 Å². The summed E-state index contributed by atoms with van der Waals surface area (Å²) >= 11 is 0. The van der Waals surface area contributed by atoms with Crippen molar-refractivity contribution in [3.8, 4) is 6.19 Å². The number of carbonyl (C=O) groups excluding carboxylic acids is 1. The molecule has 3 aliphatic rings. The van der Waals surface area contributed by atoms with Crippen molar-refractivity contribution in [2.45, 2.75) is 70.3 Å². The molecule has 1 aromatic carbocycles. The lowest BCUT2D eigenvalue weighted by Crippen LogP contribution is -2.37. The number of carbonyl (C=O) groups is 1. The standard InChI is InChI=1S/C23H30N4O2S/c1-23(10-5-12-27(23)2)11-13-30(29,25-16-24)26-22(28)15-21-19-8-3-6-17(19)14-18-7-4-9-20(18)21/h11,13-14H,3-10,12,15H2,1-2H3,(H,25,26,28,29)/b13-11+/t23-,30?/m1/s1. The predicted octanol–water partition coefficient (Wildman–Crippen LogP) is 3.18. The molecule has 7 heteroatoms. The zero-order valence-electron chi connectivity index (χ0n) is 17.9. The van der Waals surface area contributed by atoms with E-state index in [0.29, 0.717) is 0 Å². The van der Waals surface area contributed by atoms with E-state index in [1.165, 1.54) is 27.7 Å². The molecule has 0 aromatic heterocycles. The Morgan fingerprint density at radius 2 is 1.93 bits per heavy atom. The highest BCUT2D eigenvalue weighted by atomic mass is 32.2. The number of hydrogen-bond acceptors (Lipinski definition) is 5.